The van der Waals surface area contributed by atoms with Crippen molar-refractivity contribution in [2.45, 2.75) is 12.8 Å². The second-order valence-corrected chi connectivity index (χ2v) is 3.81. The molecule has 0 aliphatic carbocycles. The summed E-state index contributed by atoms with van der Waals surface area (Å²) in [5.41, 5.74) is 2.00. The number of aromatic amines is 1. The van der Waals surface area contributed by atoms with Gasteiger partial charge in [-0.05, 0) is 30.7 Å². The van der Waals surface area contributed by atoms with Crippen molar-refractivity contribution < 1.29 is 5.11 Å². The quantitative estimate of drug-likeness (QED) is 0.665. The Labute approximate surface area is 88.4 Å². The predicted molar refractivity (Wildman–Crippen MR) is 62.1 cm³/mol. The van der Waals surface area contributed by atoms with Crippen LogP contribution in [0, 0.1) is 0 Å². The smallest absolute Gasteiger partial charge is 0.139 e. The summed E-state index contributed by atoms with van der Waals surface area (Å²) in [7, 11) is 0. The Bertz CT molecular complexity index is 436. The molecule has 2 aromatic rings. The number of phenols is 1. The van der Waals surface area contributed by atoms with Crippen LogP contribution in [0.4, 0.5) is 0 Å². The number of rotatable bonds is 3. The number of aromatic nitrogens is 1. The molecule has 2 rings (SSSR count). The third kappa shape index (κ3) is 1.73. The molecule has 0 aliphatic heterocycles. The van der Waals surface area contributed by atoms with Crippen molar-refractivity contribution in [2.24, 2.45) is 0 Å². The van der Waals surface area contributed by atoms with Crippen molar-refractivity contribution in [1.82, 2.24) is 4.98 Å². The number of hydrogen-bond donors (Lipinski definition) is 3. The molecule has 0 radical (unpaired) electrons. The molecule has 2 N–H and O–H groups in total. The van der Waals surface area contributed by atoms with Gasteiger partial charge in [-0.3, -0.25) is 0 Å². The summed E-state index contributed by atoms with van der Waals surface area (Å²) in [6, 6.07) is 7.63. The summed E-state index contributed by atoms with van der Waals surface area (Å²) >= 11 is 4.17. The summed E-state index contributed by atoms with van der Waals surface area (Å²) in [5, 5.41) is 10.6. The molecule has 1 aromatic carbocycles. The first-order valence-corrected chi connectivity index (χ1v) is 5.35. The molecule has 0 fully saturated rings. The van der Waals surface area contributed by atoms with E-state index in [1.165, 1.54) is 0 Å². The van der Waals surface area contributed by atoms with Gasteiger partial charge >= 0.3 is 0 Å². The highest BCUT2D eigenvalue weighted by Gasteiger charge is 2.03. The summed E-state index contributed by atoms with van der Waals surface area (Å²) in [6.07, 6.45) is 2.04. The van der Waals surface area contributed by atoms with Gasteiger partial charge in [0.15, 0.2) is 0 Å². The van der Waals surface area contributed by atoms with Crippen LogP contribution < -0.4 is 0 Å². The van der Waals surface area contributed by atoms with E-state index in [0.29, 0.717) is 5.75 Å². The van der Waals surface area contributed by atoms with Crippen molar-refractivity contribution in [3.63, 3.8) is 0 Å². The zero-order valence-electron chi connectivity index (χ0n) is 7.83. The number of benzene rings is 1. The maximum Gasteiger partial charge on any atom is 0.139 e. The van der Waals surface area contributed by atoms with E-state index in [1.807, 2.05) is 12.1 Å². The van der Waals surface area contributed by atoms with Crippen LogP contribution in [0.1, 0.15) is 12.1 Å². The minimum atomic E-state index is 0.319. The molecule has 0 saturated carbocycles. The third-order valence-electron chi connectivity index (χ3n) is 2.29. The third-order valence-corrected chi connectivity index (χ3v) is 2.61. The first-order chi connectivity index (χ1) is 6.81. The fourth-order valence-corrected chi connectivity index (χ4v) is 1.76. The Morgan fingerprint density at radius 2 is 2.21 bits per heavy atom. The number of thiol groups is 1. The van der Waals surface area contributed by atoms with E-state index in [2.05, 4.69) is 23.7 Å². The largest absolute Gasteiger partial charge is 0.506 e. The average molecular weight is 207 g/mol. The second-order valence-electron chi connectivity index (χ2n) is 3.36. The minimum absolute atomic E-state index is 0.319. The van der Waals surface area contributed by atoms with E-state index in [9.17, 15) is 5.11 Å². The maximum absolute atomic E-state index is 9.56. The number of para-hydroxylation sites is 1. The number of hydrogen-bond acceptors (Lipinski definition) is 2. The number of phenolic OH excluding ortho intramolecular Hbond substituents is 1. The summed E-state index contributed by atoms with van der Waals surface area (Å²) in [4.78, 5) is 3.21. The van der Waals surface area contributed by atoms with Gasteiger partial charge in [-0.1, -0.05) is 12.1 Å². The van der Waals surface area contributed by atoms with Crippen molar-refractivity contribution in [3.05, 3.63) is 30.0 Å². The molecule has 14 heavy (non-hydrogen) atoms. The molecule has 2 nitrogen and oxygen atoms in total. The highest BCUT2D eigenvalue weighted by atomic mass is 32.1. The van der Waals surface area contributed by atoms with Crippen LogP contribution in [0.2, 0.25) is 0 Å². The van der Waals surface area contributed by atoms with Gasteiger partial charge in [-0.25, -0.2) is 0 Å². The SMILES string of the molecule is Oc1cccc2cc(CCCS)[nH]c12. The topological polar surface area (TPSA) is 36.0 Å². The standard InChI is InChI=1S/C11H13NOS/c13-10-5-1-3-8-7-9(4-2-6-14)12-11(8)10/h1,3,5,7,12-14H,2,4,6H2. The zero-order valence-corrected chi connectivity index (χ0v) is 8.72. The lowest BCUT2D eigenvalue weighted by atomic mass is 10.2. The Kier molecular flexibility index (Phi) is 2.68. The van der Waals surface area contributed by atoms with E-state index < -0.39 is 0 Å². The molecule has 0 amide bonds. The van der Waals surface area contributed by atoms with Crippen LogP contribution in [0.3, 0.4) is 0 Å². The van der Waals surface area contributed by atoms with Crippen molar-refractivity contribution in [2.75, 3.05) is 5.75 Å². The molecule has 1 heterocycles. The highest BCUT2D eigenvalue weighted by molar-refractivity contribution is 7.80. The lowest BCUT2D eigenvalue weighted by molar-refractivity contribution is 0.480. The minimum Gasteiger partial charge on any atom is -0.506 e. The summed E-state index contributed by atoms with van der Waals surface area (Å²) < 4.78 is 0. The van der Waals surface area contributed by atoms with E-state index in [1.54, 1.807) is 6.07 Å². The number of nitrogens with one attached hydrogen (secondary N) is 1. The fraction of sp³-hybridized carbons (Fsp3) is 0.273. The zero-order chi connectivity index (χ0) is 9.97. The Balaban J connectivity index is 2.36. The van der Waals surface area contributed by atoms with Crippen LogP contribution in [-0.4, -0.2) is 15.8 Å². The van der Waals surface area contributed by atoms with E-state index in [-0.39, 0.29) is 0 Å². The van der Waals surface area contributed by atoms with Gasteiger partial charge in [0.2, 0.25) is 0 Å². The second kappa shape index (κ2) is 3.96. The van der Waals surface area contributed by atoms with Crippen LogP contribution >= 0.6 is 12.6 Å². The Hall–Kier alpha value is -1.09. The monoisotopic (exact) mass is 207 g/mol. The van der Waals surface area contributed by atoms with Crippen LogP contribution in [0.5, 0.6) is 5.75 Å². The molecular formula is C11H13NOS. The van der Waals surface area contributed by atoms with Crippen molar-refractivity contribution >= 4 is 23.5 Å². The van der Waals surface area contributed by atoms with Gasteiger partial charge in [0, 0.05) is 11.1 Å². The van der Waals surface area contributed by atoms with Crippen LogP contribution in [0.15, 0.2) is 24.3 Å². The van der Waals surface area contributed by atoms with Crippen LogP contribution in [0.25, 0.3) is 10.9 Å². The lowest BCUT2D eigenvalue weighted by Gasteiger charge is -1.94. The number of aromatic hydroxyl groups is 1. The van der Waals surface area contributed by atoms with E-state index in [4.69, 9.17) is 0 Å². The molecule has 0 unspecified atom stereocenters. The number of H-pyrrole nitrogens is 1. The fourth-order valence-electron chi connectivity index (χ4n) is 1.60. The number of fused-ring (bicyclic) bond motifs is 1. The van der Waals surface area contributed by atoms with Gasteiger partial charge in [0.1, 0.15) is 5.75 Å². The molecule has 1 aromatic heterocycles. The first-order valence-electron chi connectivity index (χ1n) is 4.71. The predicted octanol–water partition coefficient (Wildman–Crippen LogP) is 2.74. The molecule has 0 saturated heterocycles. The van der Waals surface area contributed by atoms with Gasteiger partial charge in [0.05, 0.1) is 5.52 Å². The van der Waals surface area contributed by atoms with Gasteiger partial charge in [0.25, 0.3) is 0 Å². The molecule has 74 valence electrons. The molecular weight excluding hydrogens is 194 g/mol. The van der Waals surface area contributed by atoms with Crippen molar-refractivity contribution in [1.29, 1.82) is 0 Å². The molecule has 0 aliphatic rings. The highest BCUT2D eigenvalue weighted by Crippen LogP contribution is 2.24. The lowest BCUT2D eigenvalue weighted by Crippen LogP contribution is -1.85. The van der Waals surface area contributed by atoms with E-state index in [0.717, 1.165) is 35.2 Å². The van der Waals surface area contributed by atoms with Gasteiger partial charge in [-0.15, -0.1) is 0 Å². The average Bonchev–Trinajstić information content (AvgIpc) is 2.59. The summed E-state index contributed by atoms with van der Waals surface area (Å²) in [5.74, 6) is 1.21. The van der Waals surface area contributed by atoms with Crippen molar-refractivity contribution in [3.8, 4) is 5.75 Å². The Morgan fingerprint density at radius 1 is 1.36 bits per heavy atom. The van der Waals surface area contributed by atoms with Gasteiger partial charge < -0.3 is 10.1 Å². The van der Waals surface area contributed by atoms with Gasteiger partial charge in [-0.2, -0.15) is 12.6 Å². The molecule has 3 heteroatoms. The van der Waals surface area contributed by atoms with Crippen LogP contribution in [-0.2, 0) is 6.42 Å². The maximum atomic E-state index is 9.56. The van der Waals surface area contributed by atoms with E-state index >= 15 is 0 Å². The number of aryl methyl sites for hydroxylation is 1. The molecule has 0 spiro atoms. The molecule has 0 atom stereocenters. The Morgan fingerprint density at radius 3 is 2.93 bits per heavy atom. The first kappa shape index (κ1) is 9.46. The normalized spacial score (nSPS) is 10.9. The summed E-state index contributed by atoms with van der Waals surface area (Å²) in [6.45, 7) is 0. The molecule has 0 bridgehead atoms.